The van der Waals surface area contributed by atoms with Crippen molar-refractivity contribution in [3.8, 4) is 0 Å². The number of Topliss-reactive ketones (excluding diaryl/α,β-unsaturated/α-hetero) is 1. The molecule has 148 valence electrons. The third-order valence-electron chi connectivity index (χ3n) is 4.94. The first-order valence-electron chi connectivity index (χ1n) is 9.19. The van der Waals surface area contributed by atoms with Gasteiger partial charge in [-0.2, -0.15) is 0 Å². The van der Waals surface area contributed by atoms with E-state index in [1.54, 1.807) is 0 Å². The SMILES string of the molecule is O=C(CCN1CCC(C(=O)c2cc(F)ccc2F)CC1)Nc1ccc(F)cc1. The summed E-state index contributed by atoms with van der Waals surface area (Å²) < 4.78 is 40.0. The highest BCUT2D eigenvalue weighted by molar-refractivity contribution is 5.98. The predicted octanol–water partition coefficient (Wildman–Crippen LogP) is 4.03. The summed E-state index contributed by atoms with van der Waals surface area (Å²) in [5, 5.41) is 2.71. The summed E-state index contributed by atoms with van der Waals surface area (Å²) in [4.78, 5) is 26.5. The van der Waals surface area contributed by atoms with Crippen LogP contribution in [-0.2, 0) is 4.79 Å². The number of piperidine rings is 1. The van der Waals surface area contributed by atoms with Gasteiger partial charge in [0.25, 0.3) is 0 Å². The molecule has 28 heavy (non-hydrogen) atoms. The Morgan fingerprint density at radius 1 is 0.964 bits per heavy atom. The van der Waals surface area contributed by atoms with Gasteiger partial charge in [-0.1, -0.05) is 0 Å². The molecule has 1 heterocycles. The minimum atomic E-state index is -0.703. The monoisotopic (exact) mass is 390 g/mol. The van der Waals surface area contributed by atoms with Crippen LogP contribution in [0.3, 0.4) is 0 Å². The largest absolute Gasteiger partial charge is 0.326 e. The van der Waals surface area contributed by atoms with E-state index >= 15 is 0 Å². The Hall–Kier alpha value is -2.67. The Kier molecular flexibility index (Phi) is 6.46. The van der Waals surface area contributed by atoms with Gasteiger partial charge in [-0.15, -0.1) is 0 Å². The molecule has 0 bridgehead atoms. The lowest BCUT2D eigenvalue weighted by Gasteiger charge is -2.31. The van der Waals surface area contributed by atoms with Crippen LogP contribution in [0, 0.1) is 23.4 Å². The second-order valence-corrected chi connectivity index (χ2v) is 6.91. The number of amides is 1. The molecule has 2 aromatic carbocycles. The first-order valence-corrected chi connectivity index (χ1v) is 9.19. The van der Waals surface area contributed by atoms with E-state index in [4.69, 9.17) is 0 Å². The van der Waals surface area contributed by atoms with Crippen molar-refractivity contribution in [2.24, 2.45) is 5.92 Å². The van der Waals surface area contributed by atoms with Gasteiger partial charge in [-0.25, -0.2) is 13.2 Å². The number of nitrogens with one attached hydrogen (secondary N) is 1. The molecule has 1 fully saturated rings. The second-order valence-electron chi connectivity index (χ2n) is 6.91. The van der Waals surface area contributed by atoms with Crippen molar-refractivity contribution in [3.05, 3.63) is 65.5 Å². The number of carbonyl (C=O) groups excluding carboxylic acids is 2. The zero-order chi connectivity index (χ0) is 20.1. The van der Waals surface area contributed by atoms with Gasteiger partial charge in [0.15, 0.2) is 5.78 Å². The Labute approximate surface area is 161 Å². The number of rotatable bonds is 6. The fourth-order valence-corrected chi connectivity index (χ4v) is 3.34. The van der Waals surface area contributed by atoms with Gasteiger partial charge in [-0.05, 0) is 68.4 Å². The van der Waals surface area contributed by atoms with Gasteiger partial charge in [0.2, 0.25) is 5.91 Å². The fraction of sp³-hybridized carbons (Fsp3) is 0.333. The lowest BCUT2D eigenvalue weighted by molar-refractivity contribution is -0.116. The van der Waals surface area contributed by atoms with Crippen molar-refractivity contribution >= 4 is 17.4 Å². The zero-order valence-electron chi connectivity index (χ0n) is 15.3. The van der Waals surface area contributed by atoms with Crippen LogP contribution in [0.5, 0.6) is 0 Å². The molecule has 2 aromatic rings. The van der Waals surface area contributed by atoms with Crippen molar-refractivity contribution in [2.45, 2.75) is 19.3 Å². The highest BCUT2D eigenvalue weighted by Crippen LogP contribution is 2.24. The smallest absolute Gasteiger partial charge is 0.225 e. The molecule has 7 heteroatoms. The van der Waals surface area contributed by atoms with E-state index in [9.17, 15) is 22.8 Å². The quantitative estimate of drug-likeness (QED) is 0.758. The van der Waals surface area contributed by atoms with E-state index in [-0.39, 0.29) is 35.4 Å². The molecule has 0 aliphatic carbocycles. The summed E-state index contributed by atoms with van der Waals surface area (Å²) in [7, 11) is 0. The summed E-state index contributed by atoms with van der Waals surface area (Å²) in [5.41, 5.74) is 0.338. The third kappa shape index (κ3) is 5.19. The van der Waals surface area contributed by atoms with E-state index in [2.05, 4.69) is 10.2 Å². The highest BCUT2D eigenvalue weighted by atomic mass is 19.1. The van der Waals surface area contributed by atoms with Gasteiger partial charge >= 0.3 is 0 Å². The Morgan fingerprint density at radius 3 is 2.29 bits per heavy atom. The van der Waals surface area contributed by atoms with Gasteiger partial charge in [0, 0.05) is 24.6 Å². The average Bonchev–Trinajstić information content (AvgIpc) is 2.70. The molecular formula is C21H21F3N2O2. The lowest BCUT2D eigenvalue weighted by atomic mass is 9.88. The fourth-order valence-electron chi connectivity index (χ4n) is 3.34. The van der Waals surface area contributed by atoms with Crippen LogP contribution in [0.25, 0.3) is 0 Å². The maximum Gasteiger partial charge on any atom is 0.225 e. The average molecular weight is 390 g/mol. The van der Waals surface area contributed by atoms with E-state index in [0.29, 0.717) is 38.2 Å². The van der Waals surface area contributed by atoms with Gasteiger partial charge in [0.05, 0.1) is 5.56 Å². The minimum absolute atomic E-state index is 0.174. The molecule has 1 amide bonds. The van der Waals surface area contributed by atoms with Crippen LogP contribution in [0.15, 0.2) is 42.5 Å². The van der Waals surface area contributed by atoms with Gasteiger partial charge in [-0.3, -0.25) is 9.59 Å². The van der Waals surface area contributed by atoms with Crippen molar-refractivity contribution in [1.82, 2.24) is 4.90 Å². The van der Waals surface area contributed by atoms with E-state index < -0.39 is 11.6 Å². The molecular weight excluding hydrogens is 369 g/mol. The summed E-state index contributed by atoms with van der Waals surface area (Å²) in [6.45, 7) is 1.75. The lowest BCUT2D eigenvalue weighted by Crippen LogP contribution is -2.38. The maximum absolute atomic E-state index is 13.8. The Bertz CT molecular complexity index is 847. The number of halogens is 3. The van der Waals surface area contributed by atoms with Crippen LogP contribution in [0.2, 0.25) is 0 Å². The Morgan fingerprint density at radius 2 is 1.61 bits per heavy atom. The second kappa shape index (κ2) is 9.01. The topological polar surface area (TPSA) is 49.4 Å². The van der Waals surface area contributed by atoms with Crippen LogP contribution >= 0.6 is 0 Å². The number of benzene rings is 2. The van der Waals surface area contributed by atoms with E-state index in [0.717, 1.165) is 18.2 Å². The van der Waals surface area contributed by atoms with Crippen molar-refractivity contribution in [1.29, 1.82) is 0 Å². The summed E-state index contributed by atoms with van der Waals surface area (Å²) >= 11 is 0. The van der Waals surface area contributed by atoms with Gasteiger partial charge < -0.3 is 10.2 Å². The number of carbonyl (C=O) groups is 2. The summed E-state index contributed by atoms with van der Waals surface area (Å²) in [6, 6.07) is 8.45. The Balaban J connectivity index is 1.45. The number of anilines is 1. The molecule has 1 N–H and O–H groups in total. The van der Waals surface area contributed by atoms with E-state index in [1.807, 2.05) is 0 Å². The number of likely N-dealkylation sites (tertiary alicyclic amines) is 1. The van der Waals surface area contributed by atoms with Gasteiger partial charge in [0.1, 0.15) is 17.5 Å². The van der Waals surface area contributed by atoms with E-state index in [1.165, 1.54) is 24.3 Å². The maximum atomic E-state index is 13.8. The molecule has 3 rings (SSSR count). The predicted molar refractivity (Wildman–Crippen MR) is 99.5 cm³/mol. The van der Waals surface area contributed by atoms with Crippen LogP contribution < -0.4 is 5.32 Å². The minimum Gasteiger partial charge on any atom is -0.326 e. The molecule has 0 spiro atoms. The molecule has 4 nitrogen and oxygen atoms in total. The summed E-state index contributed by atoms with van der Waals surface area (Å²) in [5.74, 6) is -2.59. The molecule has 1 aliphatic heterocycles. The third-order valence-corrected chi connectivity index (χ3v) is 4.94. The van der Waals surface area contributed by atoms with Crippen LogP contribution in [-0.4, -0.2) is 36.2 Å². The molecule has 0 unspecified atom stereocenters. The first kappa shape index (κ1) is 20.1. The standard InChI is InChI=1S/C21H21F3N2O2/c22-15-1-4-17(5-2-15)25-20(27)9-12-26-10-7-14(8-11-26)21(28)18-13-16(23)3-6-19(18)24/h1-6,13-14H,7-12H2,(H,25,27). The number of hydrogen-bond acceptors (Lipinski definition) is 3. The molecule has 0 saturated carbocycles. The molecule has 0 atom stereocenters. The zero-order valence-corrected chi connectivity index (χ0v) is 15.3. The van der Waals surface area contributed by atoms with Crippen molar-refractivity contribution in [2.75, 3.05) is 25.0 Å². The normalized spacial score (nSPS) is 15.4. The molecule has 1 aliphatic rings. The van der Waals surface area contributed by atoms with Crippen molar-refractivity contribution in [3.63, 3.8) is 0 Å². The number of hydrogen-bond donors (Lipinski definition) is 1. The summed E-state index contributed by atoms with van der Waals surface area (Å²) in [6.07, 6.45) is 1.34. The molecule has 0 radical (unpaired) electrons. The number of nitrogens with zero attached hydrogens (tertiary/aromatic N) is 1. The number of ketones is 1. The van der Waals surface area contributed by atoms with Crippen molar-refractivity contribution < 1.29 is 22.8 Å². The molecule has 0 aromatic heterocycles. The highest BCUT2D eigenvalue weighted by Gasteiger charge is 2.27. The first-order chi connectivity index (χ1) is 13.4. The van der Waals surface area contributed by atoms with Crippen LogP contribution in [0.4, 0.5) is 18.9 Å². The molecule has 1 saturated heterocycles. The van der Waals surface area contributed by atoms with Crippen LogP contribution in [0.1, 0.15) is 29.6 Å².